The van der Waals surface area contributed by atoms with Crippen molar-refractivity contribution in [3.63, 3.8) is 0 Å². The Morgan fingerprint density at radius 3 is 1.89 bits per heavy atom. The number of guanidine groups is 2. The Labute approximate surface area is 110 Å². The van der Waals surface area contributed by atoms with Crippen molar-refractivity contribution in [1.29, 1.82) is 5.41 Å². The lowest BCUT2D eigenvalue weighted by Crippen LogP contribution is -2.37. The van der Waals surface area contributed by atoms with E-state index in [1.165, 1.54) is 43.5 Å². The summed E-state index contributed by atoms with van der Waals surface area (Å²) >= 11 is 0. The first-order valence-electron chi connectivity index (χ1n) is 6.79. The Bertz CT molecular complexity index is 247. The molecule has 0 fully saturated rings. The highest BCUT2D eigenvalue weighted by atomic mass is 15.5. The van der Waals surface area contributed by atoms with Crippen LogP contribution in [0.4, 0.5) is 0 Å². The second kappa shape index (κ2) is 10.7. The van der Waals surface area contributed by atoms with Gasteiger partial charge in [0.15, 0.2) is 0 Å². The number of rotatable bonds is 10. The molecule has 18 heavy (non-hydrogen) atoms. The lowest BCUT2D eigenvalue weighted by atomic mass is 10.1. The van der Waals surface area contributed by atoms with Gasteiger partial charge in [0.05, 0.1) is 0 Å². The quantitative estimate of drug-likeness (QED) is 0.205. The summed E-state index contributed by atoms with van der Waals surface area (Å²) in [5, 5.41) is 12.5. The molecule has 0 bridgehead atoms. The van der Waals surface area contributed by atoms with Gasteiger partial charge in [-0.25, -0.2) is 5.01 Å². The minimum Gasteiger partial charge on any atom is -0.369 e. The van der Waals surface area contributed by atoms with Gasteiger partial charge in [-0.05, 0) is 6.42 Å². The van der Waals surface area contributed by atoms with Gasteiger partial charge in [-0.1, -0.05) is 51.9 Å². The van der Waals surface area contributed by atoms with Gasteiger partial charge >= 0.3 is 0 Å². The fourth-order valence-corrected chi connectivity index (χ4v) is 1.76. The summed E-state index contributed by atoms with van der Waals surface area (Å²) in [4.78, 5) is 0. The van der Waals surface area contributed by atoms with Crippen LogP contribution in [-0.2, 0) is 0 Å². The highest BCUT2D eigenvalue weighted by molar-refractivity contribution is 5.80. The minimum absolute atomic E-state index is 0.0650. The maximum atomic E-state index is 7.32. The van der Waals surface area contributed by atoms with Crippen LogP contribution in [0.15, 0.2) is 5.10 Å². The Hall–Kier alpha value is -1.46. The number of nitrogens with two attached hydrogens (primary N) is 3. The molecule has 6 heteroatoms. The lowest BCUT2D eigenvalue weighted by molar-refractivity contribution is 0.412. The van der Waals surface area contributed by atoms with E-state index in [1.807, 2.05) is 0 Å². The Morgan fingerprint density at radius 1 is 0.944 bits per heavy atom. The van der Waals surface area contributed by atoms with Crippen LogP contribution >= 0.6 is 0 Å². The molecule has 0 aliphatic carbocycles. The van der Waals surface area contributed by atoms with Crippen LogP contribution in [-0.4, -0.2) is 23.5 Å². The highest BCUT2D eigenvalue weighted by Crippen LogP contribution is 2.08. The van der Waals surface area contributed by atoms with E-state index in [1.54, 1.807) is 0 Å². The Balaban J connectivity index is 3.56. The molecule has 0 heterocycles. The minimum atomic E-state index is -0.119. The monoisotopic (exact) mass is 256 g/mol. The molecule has 0 aromatic carbocycles. The second-order valence-corrected chi connectivity index (χ2v) is 4.51. The van der Waals surface area contributed by atoms with Crippen molar-refractivity contribution in [2.75, 3.05) is 6.54 Å². The third-order valence-corrected chi connectivity index (χ3v) is 2.74. The second-order valence-electron chi connectivity index (χ2n) is 4.51. The van der Waals surface area contributed by atoms with E-state index in [4.69, 9.17) is 22.6 Å². The summed E-state index contributed by atoms with van der Waals surface area (Å²) in [6, 6.07) is 0. The zero-order chi connectivity index (χ0) is 13.8. The summed E-state index contributed by atoms with van der Waals surface area (Å²) in [6.07, 6.45) is 9.84. The smallest absolute Gasteiger partial charge is 0.209 e. The highest BCUT2D eigenvalue weighted by Gasteiger charge is 2.04. The third-order valence-electron chi connectivity index (χ3n) is 2.74. The first-order chi connectivity index (χ1) is 8.57. The van der Waals surface area contributed by atoms with Crippen LogP contribution < -0.4 is 17.2 Å². The molecule has 0 unspecified atom stereocenters. The van der Waals surface area contributed by atoms with Crippen molar-refractivity contribution in [3.8, 4) is 0 Å². The van der Waals surface area contributed by atoms with Crippen LogP contribution in [0.2, 0.25) is 0 Å². The van der Waals surface area contributed by atoms with Gasteiger partial charge < -0.3 is 17.2 Å². The van der Waals surface area contributed by atoms with Gasteiger partial charge in [0.1, 0.15) is 0 Å². The molecule has 6 nitrogen and oxygen atoms in total. The molecule has 0 atom stereocenters. The van der Waals surface area contributed by atoms with Gasteiger partial charge in [0.2, 0.25) is 11.9 Å². The Morgan fingerprint density at radius 2 is 1.44 bits per heavy atom. The molecule has 0 radical (unpaired) electrons. The predicted molar refractivity (Wildman–Crippen MR) is 77.0 cm³/mol. The van der Waals surface area contributed by atoms with E-state index in [2.05, 4.69) is 12.0 Å². The molecule has 0 saturated carbocycles. The predicted octanol–water partition coefficient (Wildman–Crippen LogP) is 1.51. The molecule has 0 rings (SSSR count). The first-order valence-corrected chi connectivity index (χ1v) is 6.79. The third kappa shape index (κ3) is 9.74. The fourth-order valence-electron chi connectivity index (χ4n) is 1.76. The number of nitrogens with zero attached hydrogens (tertiary/aromatic N) is 2. The van der Waals surface area contributed by atoms with Crippen molar-refractivity contribution in [1.82, 2.24) is 5.01 Å². The fraction of sp³-hybridized carbons (Fsp3) is 0.833. The average Bonchev–Trinajstić information content (AvgIpc) is 2.30. The number of nitrogens with one attached hydrogen (secondary N) is 1. The van der Waals surface area contributed by atoms with Crippen LogP contribution in [0.5, 0.6) is 0 Å². The van der Waals surface area contributed by atoms with Gasteiger partial charge in [-0.15, -0.1) is 5.10 Å². The molecule has 0 aliphatic heterocycles. The molecule has 106 valence electrons. The maximum Gasteiger partial charge on any atom is 0.209 e. The van der Waals surface area contributed by atoms with Crippen LogP contribution in [0.25, 0.3) is 0 Å². The summed E-state index contributed by atoms with van der Waals surface area (Å²) in [5.41, 5.74) is 15.9. The number of unbranched alkanes of at least 4 members (excludes halogenated alkanes) is 7. The first kappa shape index (κ1) is 16.5. The van der Waals surface area contributed by atoms with E-state index in [0.717, 1.165) is 12.8 Å². The van der Waals surface area contributed by atoms with Crippen LogP contribution in [0.3, 0.4) is 0 Å². The lowest BCUT2D eigenvalue weighted by Gasteiger charge is -2.16. The van der Waals surface area contributed by atoms with E-state index in [0.29, 0.717) is 6.54 Å². The number of hydrazone groups is 1. The standard InChI is InChI=1S/C12H28N6/c1-2-3-4-5-6-7-8-9-10-18(12(15)16)17-11(13)14/h2-10H2,1H3,(H3,15,16)(H4,13,14,17). The Kier molecular flexibility index (Phi) is 9.81. The molecular formula is C12H28N6. The molecular weight excluding hydrogens is 228 g/mol. The normalized spacial score (nSPS) is 10.1. The van der Waals surface area contributed by atoms with E-state index in [-0.39, 0.29) is 11.9 Å². The van der Waals surface area contributed by atoms with Crippen molar-refractivity contribution < 1.29 is 0 Å². The average molecular weight is 256 g/mol. The summed E-state index contributed by atoms with van der Waals surface area (Å²) in [7, 11) is 0. The maximum absolute atomic E-state index is 7.32. The van der Waals surface area contributed by atoms with Crippen molar-refractivity contribution in [2.24, 2.45) is 22.3 Å². The molecule has 0 amide bonds. The van der Waals surface area contributed by atoms with Crippen molar-refractivity contribution in [2.45, 2.75) is 58.3 Å². The summed E-state index contributed by atoms with van der Waals surface area (Å²) < 4.78 is 0. The van der Waals surface area contributed by atoms with Gasteiger partial charge in [-0.2, -0.15) is 0 Å². The molecule has 0 aliphatic rings. The van der Waals surface area contributed by atoms with Crippen LogP contribution in [0, 0.1) is 5.41 Å². The van der Waals surface area contributed by atoms with E-state index >= 15 is 0 Å². The number of hydrogen-bond acceptors (Lipinski definition) is 2. The van der Waals surface area contributed by atoms with E-state index < -0.39 is 0 Å². The number of hydrogen-bond donors (Lipinski definition) is 4. The van der Waals surface area contributed by atoms with Gasteiger partial charge in [0, 0.05) is 6.54 Å². The molecule has 0 aromatic rings. The summed E-state index contributed by atoms with van der Waals surface area (Å²) in [5.74, 6) is -0.184. The van der Waals surface area contributed by atoms with E-state index in [9.17, 15) is 0 Å². The van der Waals surface area contributed by atoms with Crippen molar-refractivity contribution >= 4 is 11.9 Å². The van der Waals surface area contributed by atoms with Gasteiger partial charge in [0.25, 0.3) is 0 Å². The SMILES string of the molecule is CCCCCCCCCCN(N=C(N)N)C(=N)N. The zero-order valence-electron chi connectivity index (χ0n) is 11.5. The molecule has 0 saturated heterocycles. The summed E-state index contributed by atoms with van der Waals surface area (Å²) in [6.45, 7) is 2.82. The van der Waals surface area contributed by atoms with Crippen molar-refractivity contribution in [3.05, 3.63) is 0 Å². The molecule has 0 aromatic heterocycles. The van der Waals surface area contributed by atoms with Crippen LogP contribution in [0.1, 0.15) is 58.3 Å². The molecule has 0 spiro atoms. The molecule has 7 N–H and O–H groups in total. The topological polar surface area (TPSA) is 118 Å². The largest absolute Gasteiger partial charge is 0.369 e. The van der Waals surface area contributed by atoms with Gasteiger partial charge in [-0.3, -0.25) is 5.41 Å². The zero-order valence-corrected chi connectivity index (χ0v) is 11.5.